The van der Waals surface area contributed by atoms with Crippen LogP contribution in [0, 0.1) is 11.3 Å². The summed E-state index contributed by atoms with van der Waals surface area (Å²) < 4.78 is 0. The molecule has 0 amide bonds. The van der Waals surface area contributed by atoms with Gasteiger partial charge in [-0.1, -0.05) is 65.7 Å². The molecule has 0 bridgehead atoms. The normalized spacial score (nSPS) is 33.8. The molecule has 1 aliphatic carbocycles. The van der Waals surface area contributed by atoms with Crippen molar-refractivity contribution in [2.24, 2.45) is 17.1 Å². The van der Waals surface area contributed by atoms with Gasteiger partial charge in [0, 0.05) is 6.04 Å². The molecule has 1 saturated carbocycles. The standard InChI is InChI=1S/C15H31N/c1-13-11-9-7-5-4-6-8-10-12-15(2,3)14(13)16/h13-14H,4-12,16H2,1-3H3. The Kier molecular flexibility index (Phi) is 5.82. The predicted molar refractivity (Wildman–Crippen MR) is 72.5 cm³/mol. The molecule has 0 aromatic rings. The monoisotopic (exact) mass is 225 g/mol. The fourth-order valence-electron chi connectivity index (χ4n) is 3.05. The van der Waals surface area contributed by atoms with E-state index in [4.69, 9.17) is 5.73 Å². The Morgan fingerprint density at radius 2 is 1.38 bits per heavy atom. The molecule has 16 heavy (non-hydrogen) atoms. The maximum atomic E-state index is 6.44. The van der Waals surface area contributed by atoms with Crippen LogP contribution in [-0.2, 0) is 0 Å². The summed E-state index contributed by atoms with van der Waals surface area (Å²) in [4.78, 5) is 0. The van der Waals surface area contributed by atoms with Gasteiger partial charge >= 0.3 is 0 Å². The SMILES string of the molecule is CC1CCCCCCCCCC(C)(C)C1N. The first-order valence-electron chi connectivity index (χ1n) is 7.29. The van der Waals surface area contributed by atoms with Gasteiger partial charge in [-0.3, -0.25) is 0 Å². The van der Waals surface area contributed by atoms with Crippen molar-refractivity contribution in [3.05, 3.63) is 0 Å². The van der Waals surface area contributed by atoms with E-state index in [1.807, 2.05) is 0 Å². The third-order valence-electron chi connectivity index (χ3n) is 4.50. The van der Waals surface area contributed by atoms with Crippen molar-refractivity contribution in [2.45, 2.75) is 84.6 Å². The summed E-state index contributed by atoms with van der Waals surface area (Å²) >= 11 is 0. The topological polar surface area (TPSA) is 26.0 Å². The van der Waals surface area contributed by atoms with E-state index < -0.39 is 0 Å². The largest absolute Gasteiger partial charge is 0.327 e. The summed E-state index contributed by atoms with van der Waals surface area (Å²) in [6.45, 7) is 7.07. The molecule has 96 valence electrons. The second kappa shape index (κ2) is 6.64. The molecular weight excluding hydrogens is 194 g/mol. The minimum absolute atomic E-state index is 0.332. The molecule has 0 aromatic heterocycles. The van der Waals surface area contributed by atoms with E-state index in [2.05, 4.69) is 20.8 Å². The Hall–Kier alpha value is -0.0400. The van der Waals surface area contributed by atoms with Gasteiger partial charge in [0.05, 0.1) is 0 Å². The van der Waals surface area contributed by atoms with E-state index in [0.717, 1.165) is 0 Å². The molecule has 0 aromatic carbocycles. The molecular formula is C15H31N. The Morgan fingerprint density at radius 1 is 0.875 bits per heavy atom. The lowest BCUT2D eigenvalue weighted by Gasteiger charge is -2.36. The van der Waals surface area contributed by atoms with Gasteiger partial charge in [0.1, 0.15) is 0 Å². The van der Waals surface area contributed by atoms with Gasteiger partial charge in [0.25, 0.3) is 0 Å². The minimum atomic E-state index is 0.332. The van der Waals surface area contributed by atoms with Crippen LogP contribution >= 0.6 is 0 Å². The molecule has 0 aliphatic heterocycles. The first-order chi connectivity index (χ1) is 7.54. The average Bonchev–Trinajstić information content (AvgIpc) is 2.24. The third kappa shape index (κ3) is 4.45. The van der Waals surface area contributed by atoms with Crippen LogP contribution in [0.3, 0.4) is 0 Å². The highest BCUT2D eigenvalue weighted by atomic mass is 14.7. The van der Waals surface area contributed by atoms with Crippen molar-refractivity contribution in [1.29, 1.82) is 0 Å². The van der Waals surface area contributed by atoms with Crippen LogP contribution in [0.4, 0.5) is 0 Å². The lowest BCUT2D eigenvalue weighted by molar-refractivity contribution is 0.190. The lowest BCUT2D eigenvalue weighted by Crippen LogP contribution is -2.42. The molecule has 2 unspecified atom stereocenters. The maximum Gasteiger partial charge on any atom is 0.0116 e. The predicted octanol–water partition coefficient (Wildman–Crippen LogP) is 4.50. The Balaban J connectivity index is 2.51. The number of rotatable bonds is 0. The summed E-state index contributed by atoms with van der Waals surface area (Å²) in [6, 6.07) is 0.381. The van der Waals surface area contributed by atoms with Gasteiger partial charge in [-0.15, -0.1) is 0 Å². The Morgan fingerprint density at radius 3 is 2.00 bits per heavy atom. The van der Waals surface area contributed by atoms with Crippen molar-refractivity contribution >= 4 is 0 Å². The van der Waals surface area contributed by atoms with Crippen molar-refractivity contribution < 1.29 is 0 Å². The van der Waals surface area contributed by atoms with Gasteiger partial charge < -0.3 is 5.73 Å². The van der Waals surface area contributed by atoms with Gasteiger partial charge in [0.15, 0.2) is 0 Å². The summed E-state index contributed by atoms with van der Waals surface area (Å²) in [6.07, 6.45) is 12.5. The summed E-state index contributed by atoms with van der Waals surface area (Å²) in [5, 5.41) is 0. The first kappa shape index (κ1) is 14.0. The van der Waals surface area contributed by atoms with Crippen LogP contribution in [0.5, 0.6) is 0 Å². The smallest absolute Gasteiger partial charge is 0.0116 e. The lowest BCUT2D eigenvalue weighted by atomic mass is 9.73. The Bertz CT molecular complexity index is 186. The molecule has 0 radical (unpaired) electrons. The molecule has 0 saturated heterocycles. The molecule has 2 N–H and O–H groups in total. The molecule has 1 nitrogen and oxygen atoms in total. The van der Waals surface area contributed by atoms with Gasteiger partial charge in [-0.2, -0.15) is 0 Å². The molecule has 1 aliphatic rings. The number of hydrogen-bond acceptors (Lipinski definition) is 1. The highest BCUT2D eigenvalue weighted by molar-refractivity contribution is 4.85. The van der Waals surface area contributed by atoms with Crippen molar-refractivity contribution in [3.63, 3.8) is 0 Å². The average molecular weight is 225 g/mol. The van der Waals surface area contributed by atoms with E-state index in [1.165, 1.54) is 57.8 Å². The van der Waals surface area contributed by atoms with Crippen LogP contribution in [0.1, 0.15) is 78.6 Å². The highest BCUT2D eigenvalue weighted by Crippen LogP contribution is 2.33. The van der Waals surface area contributed by atoms with E-state index in [0.29, 0.717) is 17.4 Å². The number of nitrogens with two attached hydrogens (primary N) is 1. The fraction of sp³-hybridized carbons (Fsp3) is 1.00. The zero-order chi connectivity index (χ0) is 12.0. The fourth-order valence-corrected chi connectivity index (χ4v) is 3.05. The zero-order valence-corrected chi connectivity index (χ0v) is 11.6. The molecule has 1 fully saturated rings. The van der Waals surface area contributed by atoms with Crippen LogP contribution in [0.25, 0.3) is 0 Å². The molecule has 1 rings (SSSR count). The second-order valence-corrected chi connectivity index (χ2v) is 6.51. The van der Waals surface area contributed by atoms with E-state index in [1.54, 1.807) is 0 Å². The summed E-state index contributed by atoms with van der Waals surface area (Å²) in [7, 11) is 0. The zero-order valence-electron chi connectivity index (χ0n) is 11.6. The van der Waals surface area contributed by atoms with Crippen molar-refractivity contribution in [1.82, 2.24) is 0 Å². The minimum Gasteiger partial charge on any atom is -0.327 e. The van der Waals surface area contributed by atoms with E-state index >= 15 is 0 Å². The molecule has 0 spiro atoms. The van der Waals surface area contributed by atoms with Crippen LogP contribution in [-0.4, -0.2) is 6.04 Å². The van der Waals surface area contributed by atoms with Crippen molar-refractivity contribution in [2.75, 3.05) is 0 Å². The quantitative estimate of drug-likeness (QED) is 0.645. The van der Waals surface area contributed by atoms with E-state index in [-0.39, 0.29) is 0 Å². The maximum absolute atomic E-state index is 6.44. The van der Waals surface area contributed by atoms with Gasteiger partial charge in [-0.05, 0) is 24.2 Å². The van der Waals surface area contributed by atoms with E-state index in [9.17, 15) is 0 Å². The molecule has 1 heteroatoms. The van der Waals surface area contributed by atoms with Crippen LogP contribution in [0.15, 0.2) is 0 Å². The Labute approximate surface area is 102 Å². The molecule has 2 atom stereocenters. The summed E-state index contributed by atoms with van der Waals surface area (Å²) in [5.41, 5.74) is 6.77. The highest BCUT2D eigenvalue weighted by Gasteiger charge is 2.29. The first-order valence-corrected chi connectivity index (χ1v) is 7.29. The summed E-state index contributed by atoms with van der Waals surface area (Å²) in [5.74, 6) is 0.689. The third-order valence-corrected chi connectivity index (χ3v) is 4.50. The van der Waals surface area contributed by atoms with Gasteiger partial charge in [-0.25, -0.2) is 0 Å². The van der Waals surface area contributed by atoms with Gasteiger partial charge in [0.2, 0.25) is 0 Å². The van der Waals surface area contributed by atoms with Crippen LogP contribution in [0.2, 0.25) is 0 Å². The number of hydrogen-bond donors (Lipinski definition) is 1. The van der Waals surface area contributed by atoms with Crippen molar-refractivity contribution in [3.8, 4) is 0 Å². The second-order valence-electron chi connectivity index (χ2n) is 6.51. The molecule has 0 heterocycles. The van der Waals surface area contributed by atoms with Crippen LogP contribution < -0.4 is 5.73 Å².